The predicted octanol–water partition coefficient (Wildman–Crippen LogP) is 0.371. The van der Waals surface area contributed by atoms with Gasteiger partial charge in [-0.2, -0.15) is 22.1 Å². The van der Waals surface area contributed by atoms with Crippen molar-refractivity contribution in [1.29, 1.82) is 0 Å². The Morgan fingerprint density at radius 2 is 2.04 bits per heavy atom. The minimum Gasteiger partial charge on any atom is -0.350 e. The Labute approximate surface area is 164 Å². The highest BCUT2D eigenvalue weighted by Crippen LogP contribution is 2.31. The van der Waals surface area contributed by atoms with Crippen molar-refractivity contribution < 1.29 is 13.2 Å². The number of fused-ring (bicyclic) bond motifs is 1. The van der Waals surface area contributed by atoms with E-state index in [9.17, 15) is 13.2 Å². The summed E-state index contributed by atoms with van der Waals surface area (Å²) in [6.07, 6.45) is 5.21. The highest BCUT2D eigenvalue weighted by Gasteiger charge is 2.40. The summed E-state index contributed by atoms with van der Waals surface area (Å²) < 4.78 is 30.6. The van der Waals surface area contributed by atoms with Gasteiger partial charge in [0.15, 0.2) is 0 Å². The van der Waals surface area contributed by atoms with Crippen LogP contribution in [-0.2, 0) is 35.1 Å². The third-order valence-corrected chi connectivity index (χ3v) is 7.15. The van der Waals surface area contributed by atoms with Gasteiger partial charge in [-0.25, -0.2) is 0 Å². The summed E-state index contributed by atoms with van der Waals surface area (Å²) in [5, 5.41) is 7.30. The number of carbonyl (C=O) groups is 1. The topological polar surface area (TPSA) is 100 Å². The van der Waals surface area contributed by atoms with Gasteiger partial charge in [-0.1, -0.05) is 6.07 Å². The van der Waals surface area contributed by atoms with Crippen molar-refractivity contribution in [1.82, 2.24) is 28.7 Å². The molecule has 2 aliphatic rings. The van der Waals surface area contributed by atoms with E-state index in [4.69, 9.17) is 0 Å². The zero-order chi connectivity index (χ0) is 19.7. The first-order valence-corrected chi connectivity index (χ1v) is 10.8. The zero-order valence-corrected chi connectivity index (χ0v) is 16.6. The molecule has 1 N–H and O–H groups in total. The Morgan fingerprint density at radius 1 is 1.25 bits per heavy atom. The first kappa shape index (κ1) is 19.0. The molecule has 2 aromatic heterocycles. The van der Waals surface area contributed by atoms with Gasteiger partial charge in [-0.15, -0.1) is 0 Å². The highest BCUT2D eigenvalue weighted by atomic mass is 32.2. The van der Waals surface area contributed by atoms with E-state index >= 15 is 0 Å². The van der Waals surface area contributed by atoms with E-state index in [1.165, 1.54) is 8.61 Å². The third-order valence-electron chi connectivity index (χ3n) is 5.20. The van der Waals surface area contributed by atoms with E-state index < -0.39 is 16.1 Å². The van der Waals surface area contributed by atoms with Gasteiger partial charge in [0.05, 0.1) is 23.9 Å². The lowest BCUT2D eigenvalue weighted by atomic mass is 9.97. The molecule has 0 spiro atoms. The molecule has 1 atom stereocenters. The first-order chi connectivity index (χ1) is 13.4. The number of aryl methyl sites for hydroxylation is 1. The molecule has 4 heterocycles. The summed E-state index contributed by atoms with van der Waals surface area (Å²) in [4.78, 5) is 17.1. The average molecular weight is 404 g/mol. The largest absolute Gasteiger partial charge is 0.350 e. The Bertz CT molecular complexity index is 953. The standard InChI is InChI=1S/C18H24N6O3S/c1-22-11-14-12-24(28(26,27)23-8-4-5-9-23)13-16(17(14)21-22)18(25)20-10-15-6-2-3-7-19-15/h2-3,6-7,11,16H,4-5,8-10,12-13H2,1H3,(H,20,25). The maximum Gasteiger partial charge on any atom is 0.282 e. The lowest BCUT2D eigenvalue weighted by Gasteiger charge is -2.33. The molecule has 1 amide bonds. The summed E-state index contributed by atoms with van der Waals surface area (Å²) in [7, 11) is -1.81. The molecule has 28 heavy (non-hydrogen) atoms. The molecule has 9 nitrogen and oxygen atoms in total. The maximum absolute atomic E-state index is 13.0. The normalized spacial score (nSPS) is 20.8. The van der Waals surface area contributed by atoms with Crippen LogP contribution in [0.15, 0.2) is 30.6 Å². The van der Waals surface area contributed by atoms with Gasteiger partial charge in [0, 0.05) is 51.2 Å². The van der Waals surface area contributed by atoms with Crippen molar-refractivity contribution in [3.63, 3.8) is 0 Å². The lowest BCUT2D eigenvalue weighted by molar-refractivity contribution is -0.123. The molecule has 2 aliphatic heterocycles. The molecule has 0 aliphatic carbocycles. The number of amides is 1. The molecule has 1 saturated heterocycles. The van der Waals surface area contributed by atoms with E-state index in [2.05, 4.69) is 15.4 Å². The molecule has 10 heteroatoms. The van der Waals surface area contributed by atoms with E-state index in [0.29, 0.717) is 18.8 Å². The number of hydrogen-bond donors (Lipinski definition) is 1. The van der Waals surface area contributed by atoms with Crippen molar-refractivity contribution >= 4 is 16.1 Å². The molecule has 2 aromatic rings. The minimum atomic E-state index is -3.59. The molecule has 4 rings (SSSR count). The molecule has 1 unspecified atom stereocenters. The Balaban J connectivity index is 1.56. The number of rotatable bonds is 5. The summed E-state index contributed by atoms with van der Waals surface area (Å²) >= 11 is 0. The van der Waals surface area contributed by atoms with Crippen molar-refractivity contribution in [2.24, 2.45) is 7.05 Å². The van der Waals surface area contributed by atoms with Crippen molar-refractivity contribution in [2.75, 3.05) is 19.6 Å². The molecular weight excluding hydrogens is 380 g/mol. The fourth-order valence-electron chi connectivity index (χ4n) is 3.78. The van der Waals surface area contributed by atoms with Crippen LogP contribution in [0.3, 0.4) is 0 Å². The van der Waals surface area contributed by atoms with Crippen molar-refractivity contribution in [2.45, 2.75) is 31.8 Å². The van der Waals surface area contributed by atoms with Crippen LogP contribution in [0.2, 0.25) is 0 Å². The number of hydrogen-bond acceptors (Lipinski definition) is 5. The van der Waals surface area contributed by atoms with Crippen molar-refractivity contribution in [3.8, 4) is 0 Å². The SMILES string of the molecule is Cn1cc2c(n1)C(C(=O)NCc1ccccn1)CN(S(=O)(=O)N1CCCC1)C2. The second-order valence-electron chi connectivity index (χ2n) is 7.21. The number of carbonyl (C=O) groups excluding carboxylic acids is 1. The van der Waals surface area contributed by atoms with Crippen LogP contribution in [0.1, 0.15) is 35.7 Å². The molecule has 150 valence electrons. The molecule has 0 aromatic carbocycles. The van der Waals surface area contributed by atoms with Crippen LogP contribution in [0.4, 0.5) is 0 Å². The average Bonchev–Trinajstić information content (AvgIpc) is 3.35. The first-order valence-electron chi connectivity index (χ1n) is 9.40. The second kappa shape index (κ2) is 7.61. The fraction of sp³-hybridized carbons (Fsp3) is 0.500. The minimum absolute atomic E-state index is 0.0941. The van der Waals surface area contributed by atoms with Gasteiger partial charge >= 0.3 is 0 Å². The maximum atomic E-state index is 13.0. The molecule has 0 bridgehead atoms. The predicted molar refractivity (Wildman–Crippen MR) is 102 cm³/mol. The number of nitrogens with zero attached hydrogens (tertiary/aromatic N) is 5. The van der Waals surface area contributed by atoms with Crippen LogP contribution in [0.25, 0.3) is 0 Å². The number of pyridine rings is 1. The summed E-state index contributed by atoms with van der Waals surface area (Å²) in [5.41, 5.74) is 2.16. The van der Waals surface area contributed by atoms with E-state index in [1.54, 1.807) is 24.1 Å². The van der Waals surface area contributed by atoms with Crippen LogP contribution >= 0.6 is 0 Å². The zero-order valence-electron chi connectivity index (χ0n) is 15.8. The molecular formula is C18H24N6O3S. The van der Waals surface area contributed by atoms with Crippen LogP contribution in [-0.4, -0.2) is 57.3 Å². The van der Waals surface area contributed by atoms with Crippen LogP contribution in [0.5, 0.6) is 0 Å². The quantitative estimate of drug-likeness (QED) is 0.776. The van der Waals surface area contributed by atoms with Gasteiger partial charge < -0.3 is 5.32 Å². The Hall–Kier alpha value is -2.30. The lowest BCUT2D eigenvalue weighted by Crippen LogP contribution is -2.48. The Kier molecular flexibility index (Phi) is 5.17. The van der Waals surface area contributed by atoms with E-state index in [1.807, 2.05) is 18.2 Å². The third kappa shape index (κ3) is 3.67. The van der Waals surface area contributed by atoms with Gasteiger partial charge in [0.2, 0.25) is 5.91 Å². The summed E-state index contributed by atoms with van der Waals surface area (Å²) in [5.74, 6) is -0.891. The van der Waals surface area contributed by atoms with E-state index in [0.717, 1.165) is 24.1 Å². The van der Waals surface area contributed by atoms with Crippen molar-refractivity contribution in [3.05, 3.63) is 47.5 Å². The molecule has 0 radical (unpaired) electrons. The monoisotopic (exact) mass is 404 g/mol. The summed E-state index contributed by atoms with van der Waals surface area (Å²) in [6.45, 7) is 1.70. The number of aromatic nitrogens is 3. The van der Waals surface area contributed by atoms with E-state index in [-0.39, 0.29) is 25.5 Å². The van der Waals surface area contributed by atoms with Gasteiger partial charge in [-0.05, 0) is 25.0 Å². The van der Waals surface area contributed by atoms with Gasteiger partial charge in [0.25, 0.3) is 10.2 Å². The molecule has 0 saturated carbocycles. The number of nitrogens with one attached hydrogen (secondary N) is 1. The fourth-order valence-corrected chi connectivity index (χ4v) is 5.47. The molecule has 1 fully saturated rings. The Morgan fingerprint density at radius 3 is 2.75 bits per heavy atom. The summed E-state index contributed by atoms with van der Waals surface area (Å²) in [6, 6.07) is 5.50. The second-order valence-corrected chi connectivity index (χ2v) is 9.14. The smallest absolute Gasteiger partial charge is 0.282 e. The van der Waals surface area contributed by atoms with Gasteiger partial charge in [-0.3, -0.25) is 14.5 Å². The van der Waals surface area contributed by atoms with Crippen LogP contribution < -0.4 is 5.32 Å². The van der Waals surface area contributed by atoms with Gasteiger partial charge in [0.1, 0.15) is 0 Å². The van der Waals surface area contributed by atoms with Crippen LogP contribution in [0, 0.1) is 0 Å². The highest BCUT2D eigenvalue weighted by molar-refractivity contribution is 7.86.